The van der Waals surface area contributed by atoms with Crippen molar-refractivity contribution in [2.24, 2.45) is 28.9 Å². The molecule has 0 saturated heterocycles. The quantitative estimate of drug-likeness (QED) is 0.566. The fourth-order valence-corrected chi connectivity index (χ4v) is 3.19. The molecule has 1 nitrogen and oxygen atoms in total. The van der Waals surface area contributed by atoms with Gasteiger partial charge in [0.15, 0.2) is 0 Å². The summed E-state index contributed by atoms with van der Waals surface area (Å²) in [5.74, 6) is 2.60. The number of hydrogen-bond acceptors (Lipinski definition) is 1. The molecule has 1 heteroatoms. The van der Waals surface area contributed by atoms with Crippen LogP contribution in [0.2, 0.25) is 0 Å². The van der Waals surface area contributed by atoms with Gasteiger partial charge in [-0.25, -0.2) is 0 Å². The highest BCUT2D eigenvalue weighted by molar-refractivity contribution is 5.06. The lowest BCUT2D eigenvalue weighted by molar-refractivity contribution is -0.108. The first-order chi connectivity index (χ1) is 5.03. The number of fused-ring (bicyclic) bond motifs is 2. The first kappa shape index (κ1) is 7.60. The Morgan fingerprint density at radius 2 is 1.91 bits per heavy atom. The zero-order valence-corrected chi connectivity index (χ0v) is 7.80. The van der Waals surface area contributed by atoms with E-state index in [9.17, 15) is 0 Å². The Hall–Kier alpha value is -0.0400. The molecule has 3 aliphatic rings. The highest BCUT2D eigenvalue weighted by Crippen LogP contribution is 2.60. The van der Waals surface area contributed by atoms with E-state index >= 15 is 0 Å². The van der Waals surface area contributed by atoms with Gasteiger partial charge in [0.1, 0.15) is 0 Å². The molecule has 3 saturated carbocycles. The summed E-state index contributed by atoms with van der Waals surface area (Å²) in [4.78, 5) is 0. The fraction of sp³-hybridized carbons (Fsp3) is 1.00. The molecule has 0 heterocycles. The van der Waals surface area contributed by atoms with Gasteiger partial charge >= 0.3 is 0 Å². The predicted octanol–water partition coefficient (Wildman–Crippen LogP) is 2.02. The van der Waals surface area contributed by atoms with E-state index in [1.54, 1.807) is 0 Å². The van der Waals surface area contributed by atoms with Gasteiger partial charge in [0.2, 0.25) is 0 Å². The van der Waals surface area contributed by atoms with E-state index in [0.717, 1.165) is 17.8 Å². The summed E-state index contributed by atoms with van der Waals surface area (Å²) in [6.45, 7) is 7.15. The first-order valence-electron chi connectivity index (χ1n) is 4.79. The maximum atomic E-state index is 6.02. The number of hydrogen-bond donors (Lipinski definition) is 1. The van der Waals surface area contributed by atoms with E-state index < -0.39 is 0 Å². The summed E-state index contributed by atoms with van der Waals surface area (Å²) < 4.78 is 0. The minimum absolute atomic E-state index is 0.492. The number of nitrogens with two attached hydrogens (primary N) is 1. The number of rotatable bonds is 0. The third-order valence-electron chi connectivity index (χ3n) is 4.41. The Morgan fingerprint density at radius 1 is 1.27 bits per heavy atom. The second kappa shape index (κ2) is 2.01. The van der Waals surface area contributed by atoms with Crippen molar-refractivity contribution in [2.75, 3.05) is 0 Å². The van der Waals surface area contributed by atoms with Crippen molar-refractivity contribution in [1.29, 1.82) is 0 Å². The van der Waals surface area contributed by atoms with E-state index in [4.69, 9.17) is 5.73 Å². The van der Waals surface area contributed by atoms with Gasteiger partial charge in [-0.2, -0.15) is 0 Å². The second-order valence-corrected chi connectivity index (χ2v) is 5.12. The van der Waals surface area contributed by atoms with Crippen LogP contribution in [-0.4, -0.2) is 6.04 Å². The zero-order valence-electron chi connectivity index (χ0n) is 7.80. The molecule has 0 unspecified atom stereocenters. The van der Waals surface area contributed by atoms with Crippen molar-refractivity contribution in [2.45, 2.75) is 39.7 Å². The van der Waals surface area contributed by atoms with Crippen molar-refractivity contribution in [3.8, 4) is 0 Å². The second-order valence-electron chi connectivity index (χ2n) is 5.12. The van der Waals surface area contributed by atoms with Crippen molar-refractivity contribution < 1.29 is 0 Å². The van der Waals surface area contributed by atoms with Crippen LogP contribution in [0.15, 0.2) is 0 Å². The normalized spacial score (nSPS) is 53.5. The molecule has 2 bridgehead atoms. The van der Waals surface area contributed by atoms with Crippen LogP contribution in [0.5, 0.6) is 0 Å². The summed E-state index contributed by atoms with van der Waals surface area (Å²) >= 11 is 0. The molecule has 0 radical (unpaired) electrons. The third kappa shape index (κ3) is 0.807. The van der Waals surface area contributed by atoms with Gasteiger partial charge in [-0.15, -0.1) is 0 Å². The molecule has 0 aromatic heterocycles. The molecule has 0 aromatic carbocycles. The van der Waals surface area contributed by atoms with E-state index in [0.29, 0.717) is 11.5 Å². The molecule has 11 heavy (non-hydrogen) atoms. The van der Waals surface area contributed by atoms with Crippen molar-refractivity contribution in [3.63, 3.8) is 0 Å². The molecular weight excluding hydrogens is 134 g/mol. The average molecular weight is 153 g/mol. The highest BCUT2D eigenvalue weighted by Gasteiger charge is 2.55. The maximum absolute atomic E-state index is 6.02. The van der Waals surface area contributed by atoms with Crippen LogP contribution in [0, 0.1) is 23.2 Å². The predicted molar refractivity (Wildman–Crippen MR) is 47.1 cm³/mol. The lowest BCUT2D eigenvalue weighted by Gasteiger charge is -2.61. The first-order valence-corrected chi connectivity index (χ1v) is 4.79. The fourth-order valence-electron chi connectivity index (χ4n) is 3.19. The average Bonchev–Trinajstić information content (AvgIpc) is 1.93. The topological polar surface area (TPSA) is 26.0 Å². The van der Waals surface area contributed by atoms with Crippen LogP contribution in [0.1, 0.15) is 33.6 Å². The van der Waals surface area contributed by atoms with Crippen molar-refractivity contribution in [1.82, 2.24) is 0 Å². The van der Waals surface area contributed by atoms with Gasteiger partial charge in [0, 0.05) is 6.04 Å². The van der Waals surface area contributed by atoms with Gasteiger partial charge in [-0.1, -0.05) is 20.8 Å². The smallest absolute Gasteiger partial charge is 0.00702 e. The molecule has 4 atom stereocenters. The van der Waals surface area contributed by atoms with Gasteiger partial charge < -0.3 is 5.73 Å². The summed E-state index contributed by atoms with van der Waals surface area (Å²) in [6, 6.07) is 0.492. The largest absolute Gasteiger partial charge is 0.327 e. The Kier molecular flexibility index (Phi) is 1.39. The minimum atomic E-state index is 0.492. The van der Waals surface area contributed by atoms with E-state index in [1.165, 1.54) is 12.8 Å². The summed E-state index contributed by atoms with van der Waals surface area (Å²) in [5, 5.41) is 0. The van der Waals surface area contributed by atoms with Crippen LogP contribution < -0.4 is 5.73 Å². The van der Waals surface area contributed by atoms with Gasteiger partial charge in [-0.05, 0) is 36.0 Å². The molecule has 0 aliphatic heterocycles. The Bertz CT molecular complexity index is 174. The highest BCUT2D eigenvalue weighted by atomic mass is 14.7. The van der Waals surface area contributed by atoms with Gasteiger partial charge in [0.05, 0.1) is 0 Å². The van der Waals surface area contributed by atoms with Crippen LogP contribution >= 0.6 is 0 Å². The van der Waals surface area contributed by atoms with Crippen LogP contribution in [0.25, 0.3) is 0 Å². The summed E-state index contributed by atoms with van der Waals surface area (Å²) in [5.41, 5.74) is 6.63. The van der Waals surface area contributed by atoms with Gasteiger partial charge in [-0.3, -0.25) is 0 Å². The molecule has 3 rings (SSSR count). The lowest BCUT2D eigenvalue weighted by atomic mass is 9.45. The molecule has 64 valence electrons. The Balaban J connectivity index is 2.17. The van der Waals surface area contributed by atoms with Crippen LogP contribution in [0.3, 0.4) is 0 Å². The van der Waals surface area contributed by atoms with Crippen LogP contribution in [-0.2, 0) is 0 Å². The van der Waals surface area contributed by atoms with Crippen molar-refractivity contribution >= 4 is 0 Å². The lowest BCUT2D eigenvalue weighted by Crippen LogP contribution is -2.58. The molecule has 0 amide bonds. The molecule has 3 fully saturated rings. The molecule has 2 N–H and O–H groups in total. The Labute approximate surface area is 69.4 Å². The van der Waals surface area contributed by atoms with E-state index in [2.05, 4.69) is 20.8 Å². The monoisotopic (exact) mass is 153 g/mol. The van der Waals surface area contributed by atoms with Crippen LogP contribution in [0.4, 0.5) is 0 Å². The summed E-state index contributed by atoms with van der Waals surface area (Å²) in [7, 11) is 0. The Morgan fingerprint density at radius 3 is 2.27 bits per heavy atom. The summed E-state index contributed by atoms with van der Waals surface area (Å²) in [6.07, 6.45) is 2.71. The SMILES string of the molecule is C[C@@H]1[C@H](N)C[C@H]2C[C@H]1C2(C)C. The minimum Gasteiger partial charge on any atom is -0.327 e. The molecular formula is C10H19N. The zero-order chi connectivity index (χ0) is 8.22. The standard InChI is InChI=1S/C10H19N/c1-6-8-4-7(5-9(6)11)10(8,2)3/h6-9H,4-5,11H2,1-3H3/t6-,7+,8+,9+/m0/s1. The molecule has 0 aromatic rings. The van der Waals surface area contributed by atoms with Crippen molar-refractivity contribution in [3.05, 3.63) is 0 Å². The van der Waals surface area contributed by atoms with E-state index in [1.807, 2.05) is 0 Å². The van der Waals surface area contributed by atoms with E-state index in [-0.39, 0.29) is 0 Å². The molecule has 3 aliphatic carbocycles. The third-order valence-corrected chi connectivity index (χ3v) is 4.41. The maximum Gasteiger partial charge on any atom is 0.00702 e. The molecule has 0 spiro atoms. The van der Waals surface area contributed by atoms with Gasteiger partial charge in [0.25, 0.3) is 0 Å².